The third-order valence-electron chi connectivity index (χ3n) is 4.41. The van der Waals surface area contributed by atoms with E-state index in [1.165, 1.54) is 10.4 Å². The first-order chi connectivity index (χ1) is 11.0. The van der Waals surface area contributed by atoms with Gasteiger partial charge in [-0.2, -0.15) is 4.31 Å². The second-order valence-electron chi connectivity index (χ2n) is 5.79. The normalized spacial score (nSPS) is 19.1. The molecule has 0 saturated carbocycles. The molecule has 23 heavy (non-hydrogen) atoms. The highest BCUT2D eigenvalue weighted by atomic mass is 32.2. The van der Waals surface area contributed by atoms with Crippen LogP contribution >= 0.6 is 0 Å². The fourth-order valence-corrected chi connectivity index (χ4v) is 4.79. The Morgan fingerprint density at radius 3 is 2.48 bits per heavy atom. The molecule has 1 fully saturated rings. The van der Waals surface area contributed by atoms with Crippen LogP contribution in [0.15, 0.2) is 53.4 Å². The summed E-state index contributed by atoms with van der Waals surface area (Å²) in [4.78, 5) is 0.276. The third kappa shape index (κ3) is 3.03. The maximum absolute atomic E-state index is 14.1. The minimum Gasteiger partial charge on any atom is -0.207 e. The highest BCUT2D eigenvalue weighted by molar-refractivity contribution is 7.89. The van der Waals surface area contributed by atoms with Gasteiger partial charge in [-0.1, -0.05) is 37.3 Å². The average Bonchev–Trinajstić information content (AvgIpc) is 3.05. The van der Waals surface area contributed by atoms with E-state index >= 15 is 0 Å². The van der Waals surface area contributed by atoms with Crippen molar-refractivity contribution >= 4 is 10.0 Å². The summed E-state index contributed by atoms with van der Waals surface area (Å²) in [6.07, 6.45) is 2.25. The minimum absolute atomic E-state index is 0.276. The lowest BCUT2D eigenvalue weighted by atomic mass is 10.1. The van der Waals surface area contributed by atoms with Gasteiger partial charge >= 0.3 is 0 Å². The molecular weight excluding hydrogens is 313 g/mol. The van der Waals surface area contributed by atoms with Crippen LogP contribution in [-0.2, 0) is 16.4 Å². The number of hydrogen-bond donors (Lipinski definition) is 0. The summed E-state index contributed by atoms with van der Waals surface area (Å²) in [6, 6.07) is 13.0. The molecule has 1 aliphatic rings. The zero-order valence-electron chi connectivity index (χ0n) is 13.1. The quantitative estimate of drug-likeness (QED) is 0.850. The van der Waals surface area contributed by atoms with Crippen molar-refractivity contribution in [3.05, 3.63) is 65.5 Å². The van der Waals surface area contributed by atoms with Crippen molar-refractivity contribution in [2.75, 3.05) is 6.54 Å². The fourth-order valence-electron chi connectivity index (χ4n) is 3.12. The predicted molar refractivity (Wildman–Crippen MR) is 88.1 cm³/mol. The van der Waals surface area contributed by atoms with Gasteiger partial charge in [0.05, 0.1) is 10.9 Å². The number of aryl methyl sites for hydroxylation is 1. The standard InChI is InChI=1S/C18H20FNO2S/c1-2-14-9-11-15(12-10-14)23(21,22)20-13-5-8-18(20)16-6-3-4-7-17(16)19/h3-4,6-7,9-12,18H,2,5,8,13H2,1H3. The van der Waals surface area contributed by atoms with Gasteiger partial charge < -0.3 is 0 Å². The molecule has 2 aromatic carbocycles. The van der Waals surface area contributed by atoms with E-state index in [0.717, 1.165) is 18.4 Å². The van der Waals surface area contributed by atoms with Crippen molar-refractivity contribution in [1.82, 2.24) is 4.31 Å². The average molecular weight is 333 g/mol. The molecule has 1 aliphatic heterocycles. The van der Waals surface area contributed by atoms with E-state index in [-0.39, 0.29) is 10.7 Å². The molecule has 0 N–H and O–H groups in total. The molecule has 0 spiro atoms. The zero-order chi connectivity index (χ0) is 16.4. The first-order valence-corrected chi connectivity index (χ1v) is 9.33. The van der Waals surface area contributed by atoms with Crippen LogP contribution in [0.1, 0.15) is 36.9 Å². The van der Waals surface area contributed by atoms with Crippen LogP contribution in [0.4, 0.5) is 4.39 Å². The van der Waals surface area contributed by atoms with E-state index in [9.17, 15) is 12.8 Å². The molecule has 0 aromatic heterocycles. The number of nitrogens with zero attached hydrogens (tertiary/aromatic N) is 1. The number of benzene rings is 2. The Bertz CT molecular complexity index is 787. The van der Waals surface area contributed by atoms with E-state index in [4.69, 9.17) is 0 Å². The summed E-state index contributed by atoms with van der Waals surface area (Å²) < 4.78 is 41.4. The topological polar surface area (TPSA) is 37.4 Å². The van der Waals surface area contributed by atoms with Crippen LogP contribution in [-0.4, -0.2) is 19.3 Å². The molecule has 1 atom stereocenters. The molecule has 0 amide bonds. The molecule has 0 radical (unpaired) electrons. The van der Waals surface area contributed by atoms with E-state index in [0.29, 0.717) is 18.5 Å². The second kappa shape index (κ2) is 6.42. The number of sulfonamides is 1. The molecule has 3 rings (SSSR count). The first kappa shape index (κ1) is 16.1. The van der Waals surface area contributed by atoms with Gasteiger partial charge in [0.25, 0.3) is 0 Å². The lowest BCUT2D eigenvalue weighted by Gasteiger charge is -2.24. The van der Waals surface area contributed by atoms with Gasteiger partial charge in [-0.05, 0) is 43.0 Å². The second-order valence-corrected chi connectivity index (χ2v) is 7.68. The maximum atomic E-state index is 14.1. The SMILES string of the molecule is CCc1ccc(S(=O)(=O)N2CCCC2c2ccccc2F)cc1. The van der Waals surface area contributed by atoms with Gasteiger partial charge in [0.1, 0.15) is 5.82 Å². The van der Waals surface area contributed by atoms with E-state index in [1.807, 2.05) is 19.1 Å². The lowest BCUT2D eigenvalue weighted by molar-refractivity contribution is 0.386. The monoisotopic (exact) mass is 333 g/mol. The van der Waals surface area contributed by atoms with Gasteiger partial charge in [0, 0.05) is 12.1 Å². The van der Waals surface area contributed by atoms with Gasteiger partial charge in [0.15, 0.2) is 0 Å². The van der Waals surface area contributed by atoms with Crippen molar-refractivity contribution in [3.63, 3.8) is 0 Å². The summed E-state index contributed by atoms with van der Waals surface area (Å²) in [5.41, 5.74) is 1.55. The van der Waals surface area contributed by atoms with Gasteiger partial charge in [-0.25, -0.2) is 12.8 Å². The van der Waals surface area contributed by atoms with Crippen molar-refractivity contribution in [1.29, 1.82) is 0 Å². The highest BCUT2D eigenvalue weighted by Crippen LogP contribution is 2.37. The summed E-state index contributed by atoms with van der Waals surface area (Å²) >= 11 is 0. The molecule has 1 saturated heterocycles. The minimum atomic E-state index is -3.61. The van der Waals surface area contributed by atoms with Crippen LogP contribution in [0.2, 0.25) is 0 Å². The first-order valence-electron chi connectivity index (χ1n) is 7.89. The zero-order valence-corrected chi connectivity index (χ0v) is 13.9. The molecular formula is C18H20FNO2S. The Morgan fingerprint density at radius 1 is 1.13 bits per heavy atom. The molecule has 2 aromatic rings. The predicted octanol–water partition coefficient (Wildman–Crippen LogP) is 3.91. The Balaban J connectivity index is 1.96. The van der Waals surface area contributed by atoms with Crippen molar-refractivity contribution in [2.45, 2.75) is 37.1 Å². The van der Waals surface area contributed by atoms with Crippen LogP contribution in [0.25, 0.3) is 0 Å². The summed E-state index contributed by atoms with van der Waals surface area (Å²) in [6.45, 7) is 2.45. The summed E-state index contributed by atoms with van der Waals surface area (Å²) in [5.74, 6) is -0.346. The molecule has 0 bridgehead atoms. The Kier molecular flexibility index (Phi) is 4.50. The van der Waals surface area contributed by atoms with Crippen molar-refractivity contribution in [2.24, 2.45) is 0 Å². The molecule has 3 nitrogen and oxygen atoms in total. The lowest BCUT2D eigenvalue weighted by Crippen LogP contribution is -2.31. The Morgan fingerprint density at radius 2 is 1.83 bits per heavy atom. The van der Waals surface area contributed by atoms with Crippen molar-refractivity contribution in [3.8, 4) is 0 Å². The number of hydrogen-bond acceptors (Lipinski definition) is 2. The van der Waals surface area contributed by atoms with E-state index in [1.54, 1.807) is 30.3 Å². The number of halogens is 1. The van der Waals surface area contributed by atoms with E-state index < -0.39 is 16.1 Å². The Labute approximate surface area is 136 Å². The molecule has 1 unspecified atom stereocenters. The van der Waals surface area contributed by atoms with Crippen LogP contribution in [0.5, 0.6) is 0 Å². The summed E-state index contributed by atoms with van der Waals surface area (Å²) in [7, 11) is -3.61. The van der Waals surface area contributed by atoms with Crippen LogP contribution in [0.3, 0.4) is 0 Å². The molecule has 5 heteroatoms. The van der Waals surface area contributed by atoms with Crippen LogP contribution in [0, 0.1) is 5.82 Å². The van der Waals surface area contributed by atoms with Gasteiger partial charge in [0.2, 0.25) is 10.0 Å². The smallest absolute Gasteiger partial charge is 0.207 e. The number of rotatable bonds is 4. The fraction of sp³-hybridized carbons (Fsp3) is 0.333. The van der Waals surface area contributed by atoms with Crippen LogP contribution < -0.4 is 0 Å². The molecule has 0 aliphatic carbocycles. The molecule has 122 valence electrons. The Hall–Kier alpha value is -1.72. The van der Waals surface area contributed by atoms with E-state index in [2.05, 4.69) is 0 Å². The third-order valence-corrected chi connectivity index (χ3v) is 6.33. The highest BCUT2D eigenvalue weighted by Gasteiger charge is 2.37. The van der Waals surface area contributed by atoms with Gasteiger partial charge in [-0.15, -0.1) is 0 Å². The van der Waals surface area contributed by atoms with Gasteiger partial charge in [-0.3, -0.25) is 0 Å². The molecule has 1 heterocycles. The van der Waals surface area contributed by atoms with Crippen molar-refractivity contribution < 1.29 is 12.8 Å². The largest absolute Gasteiger partial charge is 0.243 e. The summed E-state index contributed by atoms with van der Waals surface area (Å²) in [5, 5.41) is 0. The maximum Gasteiger partial charge on any atom is 0.243 e.